The molecule has 0 spiro atoms. The normalized spacial score (nSPS) is 10.7. The summed E-state index contributed by atoms with van der Waals surface area (Å²) in [5.41, 5.74) is 6.21. The van der Waals surface area contributed by atoms with E-state index in [1.165, 1.54) is 5.56 Å². The number of hydrogen-bond donors (Lipinski definition) is 1. The van der Waals surface area contributed by atoms with E-state index in [2.05, 4.69) is 29.5 Å². The van der Waals surface area contributed by atoms with E-state index in [9.17, 15) is 4.79 Å². The molecule has 0 atom stereocenters. The molecule has 1 aromatic carbocycles. The predicted molar refractivity (Wildman–Crippen MR) is 83.6 cm³/mol. The van der Waals surface area contributed by atoms with Crippen molar-refractivity contribution in [1.29, 1.82) is 0 Å². The SMILES string of the molecule is Cc1cc(C)c(NC(=O)CCc2c(C)noc2C)c(C)c1. The molecule has 0 saturated heterocycles. The molecule has 0 saturated carbocycles. The Morgan fingerprint density at radius 3 is 2.29 bits per heavy atom. The molecule has 4 heteroatoms. The summed E-state index contributed by atoms with van der Waals surface area (Å²) in [6.07, 6.45) is 1.08. The number of carbonyl (C=O) groups excluding carboxylic acids is 1. The number of aryl methyl sites for hydroxylation is 5. The molecule has 4 nitrogen and oxygen atoms in total. The summed E-state index contributed by atoms with van der Waals surface area (Å²) in [5, 5.41) is 6.93. The van der Waals surface area contributed by atoms with E-state index >= 15 is 0 Å². The monoisotopic (exact) mass is 286 g/mol. The number of hydrogen-bond acceptors (Lipinski definition) is 3. The van der Waals surface area contributed by atoms with Crippen molar-refractivity contribution in [3.63, 3.8) is 0 Å². The van der Waals surface area contributed by atoms with E-state index in [1.54, 1.807) is 0 Å². The van der Waals surface area contributed by atoms with Crippen molar-refractivity contribution < 1.29 is 9.32 Å². The van der Waals surface area contributed by atoms with Gasteiger partial charge in [-0.15, -0.1) is 0 Å². The second-order valence-electron chi connectivity index (χ2n) is 5.62. The minimum Gasteiger partial charge on any atom is -0.361 e. The molecule has 0 fully saturated rings. The van der Waals surface area contributed by atoms with Crippen molar-refractivity contribution in [1.82, 2.24) is 5.16 Å². The van der Waals surface area contributed by atoms with E-state index in [4.69, 9.17) is 4.52 Å². The third-order valence-corrected chi connectivity index (χ3v) is 3.72. The highest BCUT2D eigenvalue weighted by Crippen LogP contribution is 2.22. The van der Waals surface area contributed by atoms with Crippen molar-refractivity contribution in [3.8, 4) is 0 Å². The number of carbonyl (C=O) groups is 1. The number of nitrogens with one attached hydrogen (secondary N) is 1. The zero-order valence-corrected chi connectivity index (χ0v) is 13.3. The molecule has 0 aliphatic heterocycles. The Labute approximate surface area is 125 Å². The molecule has 112 valence electrons. The molecule has 0 aliphatic carbocycles. The highest BCUT2D eigenvalue weighted by atomic mass is 16.5. The molecule has 0 unspecified atom stereocenters. The van der Waals surface area contributed by atoms with E-state index in [0.717, 1.165) is 33.8 Å². The minimum atomic E-state index is 0.0186. The molecule has 0 aliphatic rings. The molecule has 21 heavy (non-hydrogen) atoms. The fourth-order valence-corrected chi connectivity index (χ4v) is 2.68. The van der Waals surface area contributed by atoms with Gasteiger partial charge in [0.15, 0.2) is 0 Å². The van der Waals surface area contributed by atoms with Crippen LogP contribution in [0.15, 0.2) is 16.7 Å². The van der Waals surface area contributed by atoms with Crippen LogP contribution in [0.3, 0.4) is 0 Å². The summed E-state index contributed by atoms with van der Waals surface area (Å²) >= 11 is 0. The van der Waals surface area contributed by atoms with Crippen LogP contribution >= 0.6 is 0 Å². The number of nitrogens with zero attached hydrogens (tertiary/aromatic N) is 1. The fourth-order valence-electron chi connectivity index (χ4n) is 2.68. The Morgan fingerprint density at radius 1 is 1.14 bits per heavy atom. The summed E-state index contributed by atoms with van der Waals surface area (Å²) in [4.78, 5) is 12.2. The molecular weight excluding hydrogens is 264 g/mol. The van der Waals surface area contributed by atoms with Gasteiger partial charge < -0.3 is 9.84 Å². The van der Waals surface area contributed by atoms with Gasteiger partial charge in [-0.25, -0.2) is 0 Å². The van der Waals surface area contributed by atoms with Crippen LogP contribution in [0, 0.1) is 34.6 Å². The van der Waals surface area contributed by atoms with Crippen LogP contribution in [0.5, 0.6) is 0 Å². The van der Waals surface area contributed by atoms with Crippen LogP contribution in [0.4, 0.5) is 5.69 Å². The molecule has 0 radical (unpaired) electrons. The van der Waals surface area contributed by atoms with Crippen LogP contribution in [-0.2, 0) is 11.2 Å². The third-order valence-electron chi connectivity index (χ3n) is 3.72. The lowest BCUT2D eigenvalue weighted by atomic mass is 10.0. The number of amides is 1. The van der Waals surface area contributed by atoms with E-state index in [1.807, 2.05) is 27.7 Å². The maximum atomic E-state index is 12.2. The van der Waals surface area contributed by atoms with Crippen molar-refractivity contribution in [2.75, 3.05) is 5.32 Å². The second kappa shape index (κ2) is 6.12. The van der Waals surface area contributed by atoms with Gasteiger partial charge in [0.05, 0.1) is 5.69 Å². The smallest absolute Gasteiger partial charge is 0.224 e. The van der Waals surface area contributed by atoms with Crippen LogP contribution in [0.1, 0.15) is 40.1 Å². The Bertz CT molecular complexity index is 629. The zero-order chi connectivity index (χ0) is 15.6. The first-order valence-corrected chi connectivity index (χ1v) is 7.18. The Balaban J connectivity index is 2.03. The molecular formula is C17H22N2O2. The largest absolute Gasteiger partial charge is 0.361 e. The zero-order valence-electron chi connectivity index (χ0n) is 13.3. The standard InChI is InChI=1S/C17H22N2O2/c1-10-8-11(2)17(12(3)9-10)18-16(20)7-6-15-13(4)19-21-14(15)5/h8-9H,6-7H2,1-5H3,(H,18,20). The minimum absolute atomic E-state index is 0.0186. The summed E-state index contributed by atoms with van der Waals surface area (Å²) in [7, 11) is 0. The summed E-state index contributed by atoms with van der Waals surface area (Å²) in [6.45, 7) is 9.87. The number of rotatable bonds is 4. The molecule has 1 amide bonds. The highest BCUT2D eigenvalue weighted by Gasteiger charge is 2.12. The van der Waals surface area contributed by atoms with E-state index < -0.39 is 0 Å². The van der Waals surface area contributed by atoms with Crippen LogP contribution in [0.2, 0.25) is 0 Å². The number of aromatic nitrogens is 1. The van der Waals surface area contributed by atoms with Gasteiger partial charge in [0.25, 0.3) is 0 Å². The van der Waals surface area contributed by atoms with Crippen molar-refractivity contribution >= 4 is 11.6 Å². The van der Waals surface area contributed by atoms with Crippen LogP contribution in [-0.4, -0.2) is 11.1 Å². The average Bonchev–Trinajstić information content (AvgIpc) is 2.71. The first kappa shape index (κ1) is 15.3. The Morgan fingerprint density at radius 2 is 1.76 bits per heavy atom. The molecule has 0 bridgehead atoms. The summed E-state index contributed by atoms with van der Waals surface area (Å²) in [5.74, 6) is 0.813. The lowest BCUT2D eigenvalue weighted by Gasteiger charge is -2.12. The number of anilines is 1. The van der Waals surface area contributed by atoms with Gasteiger partial charge in [0.2, 0.25) is 5.91 Å². The molecule has 1 aromatic heterocycles. The van der Waals surface area contributed by atoms with E-state index in [0.29, 0.717) is 12.8 Å². The van der Waals surface area contributed by atoms with Gasteiger partial charge in [-0.1, -0.05) is 22.9 Å². The summed E-state index contributed by atoms with van der Waals surface area (Å²) in [6, 6.07) is 4.16. The van der Waals surface area contributed by atoms with Gasteiger partial charge in [0.1, 0.15) is 5.76 Å². The number of benzene rings is 1. The first-order chi connectivity index (χ1) is 9.88. The molecule has 1 heterocycles. The van der Waals surface area contributed by atoms with Gasteiger partial charge in [-0.05, 0) is 52.2 Å². The van der Waals surface area contributed by atoms with Gasteiger partial charge in [-0.3, -0.25) is 4.79 Å². The van der Waals surface area contributed by atoms with Gasteiger partial charge >= 0.3 is 0 Å². The second-order valence-corrected chi connectivity index (χ2v) is 5.62. The summed E-state index contributed by atoms with van der Waals surface area (Å²) < 4.78 is 5.12. The quantitative estimate of drug-likeness (QED) is 0.930. The lowest BCUT2D eigenvalue weighted by molar-refractivity contribution is -0.116. The fraction of sp³-hybridized carbons (Fsp3) is 0.412. The van der Waals surface area contributed by atoms with Crippen LogP contribution < -0.4 is 5.32 Å². The van der Waals surface area contributed by atoms with Crippen molar-refractivity contribution in [3.05, 3.63) is 45.8 Å². The van der Waals surface area contributed by atoms with Gasteiger partial charge in [0, 0.05) is 17.7 Å². The highest BCUT2D eigenvalue weighted by molar-refractivity contribution is 5.92. The maximum Gasteiger partial charge on any atom is 0.224 e. The molecule has 2 rings (SSSR count). The third kappa shape index (κ3) is 3.51. The predicted octanol–water partition coefficient (Wildman–Crippen LogP) is 3.79. The topological polar surface area (TPSA) is 55.1 Å². The van der Waals surface area contributed by atoms with Crippen molar-refractivity contribution in [2.24, 2.45) is 0 Å². The first-order valence-electron chi connectivity index (χ1n) is 7.18. The average molecular weight is 286 g/mol. The van der Waals surface area contributed by atoms with Crippen LogP contribution in [0.25, 0.3) is 0 Å². The maximum absolute atomic E-state index is 12.2. The van der Waals surface area contributed by atoms with E-state index in [-0.39, 0.29) is 5.91 Å². The Kier molecular flexibility index (Phi) is 4.46. The van der Waals surface area contributed by atoms with Crippen molar-refractivity contribution in [2.45, 2.75) is 47.5 Å². The molecule has 2 aromatic rings. The molecule has 1 N–H and O–H groups in total. The van der Waals surface area contributed by atoms with Gasteiger partial charge in [-0.2, -0.15) is 0 Å². The Hall–Kier alpha value is -2.10. The lowest BCUT2D eigenvalue weighted by Crippen LogP contribution is -2.14.